The van der Waals surface area contributed by atoms with Gasteiger partial charge in [0.2, 0.25) is 0 Å². The average molecular weight is 470 g/mol. The van der Waals surface area contributed by atoms with E-state index in [2.05, 4.69) is 91.5 Å². The van der Waals surface area contributed by atoms with Crippen molar-refractivity contribution in [2.45, 2.75) is 38.6 Å². The molecule has 182 valence electrons. The van der Waals surface area contributed by atoms with Crippen LogP contribution in [0.5, 0.6) is 0 Å². The molecule has 0 aromatic heterocycles. The molecule has 5 heteroatoms. The van der Waals surface area contributed by atoms with Gasteiger partial charge in [-0.3, -0.25) is 9.80 Å². The molecule has 2 heterocycles. The van der Waals surface area contributed by atoms with Crippen LogP contribution in [0.25, 0.3) is 11.1 Å². The van der Waals surface area contributed by atoms with Crippen molar-refractivity contribution in [3.8, 4) is 11.1 Å². The van der Waals surface area contributed by atoms with Crippen molar-refractivity contribution in [3.63, 3.8) is 0 Å². The van der Waals surface area contributed by atoms with Gasteiger partial charge in [0.25, 0.3) is 0 Å². The molecule has 5 rings (SSSR count). The molecule has 2 saturated heterocycles. The van der Waals surface area contributed by atoms with Crippen LogP contribution in [0.1, 0.15) is 34.8 Å². The van der Waals surface area contributed by atoms with Crippen molar-refractivity contribution in [3.05, 3.63) is 95.1 Å². The standard InChI is InChI=1S/C30H35N3O2/c1-22-8-12-25(13-9-22)29-21-33(30(34)35-29)18-23-10-14-24(15-11-23)28-7-5-4-6-26(28)19-32-17-16-27(20-32)31(2)3/h4-15,27,29H,16-21H2,1-3H3/t27-,29?/m1/s1. The molecule has 2 aliphatic heterocycles. The second-order valence-electron chi connectivity index (χ2n) is 10.2. The Morgan fingerprint density at radius 1 is 0.914 bits per heavy atom. The lowest BCUT2D eigenvalue weighted by Crippen LogP contribution is -2.31. The molecular weight excluding hydrogens is 434 g/mol. The molecule has 1 amide bonds. The summed E-state index contributed by atoms with van der Waals surface area (Å²) in [7, 11) is 4.35. The van der Waals surface area contributed by atoms with Crippen molar-refractivity contribution in [1.82, 2.24) is 14.7 Å². The van der Waals surface area contributed by atoms with E-state index in [4.69, 9.17) is 4.74 Å². The smallest absolute Gasteiger partial charge is 0.410 e. The van der Waals surface area contributed by atoms with Gasteiger partial charge in [0.05, 0.1) is 6.54 Å². The highest BCUT2D eigenvalue weighted by molar-refractivity contribution is 5.71. The normalized spacial score (nSPS) is 20.6. The lowest BCUT2D eigenvalue weighted by Gasteiger charge is -2.21. The van der Waals surface area contributed by atoms with Gasteiger partial charge in [-0.15, -0.1) is 0 Å². The zero-order valence-electron chi connectivity index (χ0n) is 21.0. The fourth-order valence-corrected chi connectivity index (χ4v) is 5.16. The average Bonchev–Trinajstić information content (AvgIpc) is 3.47. The number of amides is 1. The topological polar surface area (TPSA) is 36.0 Å². The Morgan fingerprint density at radius 3 is 2.37 bits per heavy atom. The van der Waals surface area contributed by atoms with Gasteiger partial charge in [-0.2, -0.15) is 0 Å². The molecule has 0 aliphatic carbocycles. The minimum Gasteiger partial charge on any atom is -0.439 e. The van der Waals surface area contributed by atoms with Gasteiger partial charge in [-0.1, -0.05) is 78.4 Å². The van der Waals surface area contributed by atoms with E-state index in [-0.39, 0.29) is 12.2 Å². The molecule has 0 N–H and O–H groups in total. The van der Waals surface area contributed by atoms with E-state index in [1.54, 1.807) is 4.90 Å². The number of aryl methyl sites for hydroxylation is 1. The Kier molecular flexibility index (Phi) is 6.89. The number of nitrogens with zero attached hydrogens (tertiary/aromatic N) is 3. The summed E-state index contributed by atoms with van der Waals surface area (Å²) in [4.78, 5) is 19.2. The molecule has 3 aromatic rings. The van der Waals surface area contributed by atoms with E-state index >= 15 is 0 Å². The van der Waals surface area contributed by atoms with Crippen LogP contribution in [0.15, 0.2) is 72.8 Å². The van der Waals surface area contributed by atoms with Crippen molar-refractivity contribution in [2.24, 2.45) is 0 Å². The van der Waals surface area contributed by atoms with Gasteiger partial charge >= 0.3 is 6.09 Å². The van der Waals surface area contributed by atoms with Gasteiger partial charge in [0, 0.05) is 32.2 Å². The third-order valence-electron chi connectivity index (χ3n) is 7.36. The number of ether oxygens (including phenoxy) is 1. The molecule has 0 saturated carbocycles. The predicted octanol–water partition coefficient (Wildman–Crippen LogP) is 5.49. The third-order valence-corrected chi connectivity index (χ3v) is 7.36. The minimum atomic E-state index is -0.244. The first-order valence-corrected chi connectivity index (χ1v) is 12.5. The number of likely N-dealkylation sites (N-methyl/N-ethyl adjacent to an activating group) is 1. The monoisotopic (exact) mass is 469 g/mol. The third kappa shape index (κ3) is 5.42. The largest absolute Gasteiger partial charge is 0.439 e. The molecule has 1 unspecified atom stereocenters. The number of hydrogen-bond donors (Lipinski definition) is 0. The number of hydrogen-bond acceptors (Lipinski definition) is 4. The Bertz CT molecular complexity index is 1160. The van der Waals surface area contributed by atoms with Crippen LogP contribution < -0.4 is 0 Å². The number of likely N-dealkylation sites (tertiary alicyclic amines) is 1. The minimum absolute atomic E-state index is 0.202. The van der Waals surface area contributed by atoms with Crippen LogP contribution in [-0.2, 0) is 17.8 Å². The lowest BCUT2D eigenvalue weighted by atomic mass is 9.98. The first kappa shape index (κ1) is 23.6. The van der Waals surface area contributed by atoms with Gasteiger partial charge in [-0.05, 0) is 55.3 Å². The second kappa shape index (κ2) is 10.2. The summed E-state index contributed by atoms with van der Waals surface area (Å²) in [6.45, 7) is 6.44. The fraction of sp³-hybridized carbons (Fsp3) is 0.367. The number of rotatable bonds is 7. The summed E-state index contributed by atoms with van der Waals surface area (Å²) in [5.41, 5.74) is 7.23. The highest BCUT2D eigenvalue weighted by Crippen LogP contribution is 2.29. The van der Waals surface area contributed by atoms with Gasteiger partial charge in [0.1, 0.15) is 6.10 Å². The van der Waals surface area contributed by atoms with E-state index in [0.717, 1.165) is 30.8 Å². The summed E-state index contributed by atoms with van der Waals surface area (Å²) in [6.07, 6.45) is 0.784. The molecule has 0 spiro atoms. The van der Waals surface area contributed by atoms with Gasteiger partial charge in [0.15, 0.2) is 0 Å². The van der Waals surface area contributed by atoms with Crippen LogP contribution in [0.4, 0.5) is 4.79 Å². The van der Waals surface area contributed by atoms with E-state index < -0.39 is 0 Å². The number of carbonyl (C=O) groups excluding carboxylic acids is 1. The number of benzene rings is 3. The van der Waals surface area contributed by atoms with E-state index in [1.807, 2.05) is 12.1 Å². The first-order valence-electron chi connectivity index (χ1n) is 12.5. The summed E-state index contributed by atoms with van der Waals surface area (Å²) < 4.78 is 5.65. The van der Waals surface area contributed by atoms with Crippen molar-refractivity contribution in [1.29, 1.82) is 0 Å². The number of cyclic esters (lactones) is 1. The zero-order chi connectivity index (χ0) is 24.4. The van der Waals surface area contributed by atoms with Crippen molar-refractivity contribution >= 4 is 6.09 Å². The molecule has 35 heavy (non-hydrogen) atoms. The van der Waals surface area contributed by atoms with Crippen LogP contribution in [-0.4, -0.2) is 60.6 Å². The summed E-state index contributed by atoms with van der Waals surface area (Å²) in [5, 5.41) is 0. The Hall–Kier alpha value is -3.15. The molecule has 5 nitrogen and oxygen atoms in total. The summed E-state index contributed by atoms with van der Waals surface area (Å²) >= 11 is 0. The van der Waals surface area contributed by atoms with E-state index in [9.17, 15) is 4.79 Å². The predicted molar refractivity (Wildman–Crippen MR) is 140 cm³/mol. The van der Waals surface area contributed by atoms with Crippen LogP contribution in [0.3, 0.4) is 0 Å². The van der Waals surface area contributed by atoms with Gasteiger partial charge in [-0.25, -0.2) is 4.79 Å². The van der Waals surface area contributed by atoms with Gasteiger partial charge < -0.3 is 9.64 Å². The first-order chi connectivity index (χ1) is 17.0. The Labute approximate surface area is 208 Å². The lowest BCUT2D eigenvalue weighted by molar-refractivity contribution is 0.132. The Balaban J connectivity index is 1.24. The maximum absolute atomic E-state index is 12.5. The SMILES string of the molecule is Cc1ccc(C2CN(Cc3ccc(-c4ccccc4CN4CC[C@@H](N(C)C)C4)cc3)C(=O)O2)cc1. The van der Waals surface area contributed by atoms with Crippen LogP contribution >= 0.6 is 0 Å². The molecular formula is C30H35N3O2. The molecule has 0 radical (unpaired) electrons. The van der Waals surface area contributed by atoms with Crippen molar-refractivity contribution in [2.75, 3.05) is 33.7 Å². The molecule has 2 aliphatic rings. The maximum Gasteiger partial charge on any atom is 0.410 e. The Morgan fingerprint density at radius 2 is 1.66 bits per heavy atom. The molecule has 2 atom stereocenters. The quantitative estimate of drug-likeness (QED) is 0.458. The van der Waals surface area contributed by atoms with Crippen molar-refractivity contribution < 1.29 is 9.53 Å². The van der Waals surface area contributed by atoms with E-state index in [1.165, 1.54) is 28.7 Å². The maximum atomic E-state index is 12.5. The zero-order valence-corrected chi connectivity index (χ0v) is 21.0. The highest BCUT2D eigenvalue weighted by Gasteiger charge is 2.32. The van der Waals surface area contributed by atoms with Crippen LogP contribution in [0.2, 0.25) is 0 Å². The molecule has 3 aromatic carbocycles. The molecule has 0 bridgehead atoms. The molecule has 2 fully saturated rings. The van der Waals surface area contributed by atoms with E-state index in [0.29, 0.717) is 19.1 Å². The fourth-order valence-electron chi connectivity index (χ4n) is 5.16. The van der Waals surface area contributed by atoms with Crippen LogP contribution in [0, 0.1) is 6.92 Å². The second-order valence-corrected chi connectivity index (χ2v) is 10.2. The number of carbonyl (C=O) groups is 1. The summed E-state index contributed by atoms with van der Waals surface area (Å²) in [6, 6.07) is 26.2. The highest BCUT2D eigenvalue weighted by atomic mass is 16.6. The summed E-state index contributed by atoms with van der Waals surface area (Å²) in [5.74, 6) is 0.